The van der Waals surface area contributed by atoms with Crippen LogP contribution < -0.4 is 5.73 Å². The lowest BCUT2D eigenvalue weighted by atomic mass is 10.0. The summed E-state index contributed by atoms with van der Waals surface area (Å²) in [5, 5.41) is 5.24. The van der Waals surface area contributed by atoms with Crippen LogP contribution in [-0.2, 0) is 13.6 Å². The van der Waals surface area contributed by atoms with E-state index in [0.29, 0.717) is 0 Å². The first-order valence-corrected chi connectivity index (χ1v) is 11.3. The first-order chi connectivity index (χ1) is 14.1. The molecule has 0 unspecified atom stereocenters. The largest absolute Gasteiger partial charge is 0.364 e. The fourth-order valence-corrected chi connectivity index (χ4v) is 4.29. The molecule has 29 heavy (non-hydrogen) atoms. The van der Waals surface area contributed by atoms with Gasteiger partial charge in [-0.05, 0) is 23.3 Å². The third-order valence-electron chi connectivity index (χ3n) is 5.01. The number of carbonyl (C=O) groups excluding carboxylic acids is 1. The van der Waals surface area contributed by atoms with E-state index in [2.05, 4.69) is 33.2 Å². The summed E-state index contributed by atoms with van der Waals surface area (Å²) < 4.78 is 1.74. The van der Waals surface area contributed by atoms with Gasteiger partial charge in [0.15, 0.2) is 0 Å². The summed E-state index contributed by atoms with van der Waals surface area (Å²) >= 11 is 2.01. The maximum Gasteiger partial charge on any atom is 0.267 e. The highest BCUT2D eigenvalue weighted by molar-refractivity contribution is 7.99. The van der Waals surface area contributed by atoms with Gasteiger partial charge in [-0.25, -0.2) is 4.98 Å². The Morgan fingerprint density at radius 2 is 1.93 bits per heavy atom. The Labute approximate surface area is 175 Å². The number of nitrogens with two attached hydrogens (primary N) is 1. The van der Waals surface area contributed by atoms with Crippen molar-refractivity contribution in [1.29, 1.82) is 0 Å². The number of carbonyl (C=O) groups is 1. The van der Waals surface area contributed by atoms with Crippen molar-refractivity contribution < 1.29 is 4.79 Å². The van der Waals surface area contributed by atoms with Crippen LogP contribution in [0.1, 0.15) is 35.3 Å². The molecule has 0 bridgehead atoms. The number of rotatable bonds is 4. The summed E-state index contributed by atoms with van der Waals surface area (Å²) in [6, 6.07) is 8.06. The molecule has 1 amide bonds. The van der Waals surface area contributed by atoms with Crippen molar-refractivity contribution in [1.82, 2.24) is 19.7 Å². The normalized spacial score (nSPS) is 16.3. The molecule has 0 atom stereocenters. The monoisotopic (exact) mass is 409 g/mol. The molecule has 3 heterocycles. The Morgan fingerprint density at radius 3 is 2.55 bits per heavy atom. The van der Waals surface area contributed by atoms with Crippen LogP contribution in [0.15, 0.2) is 36.7 Å². The van der Waals surface area contributed by atoms with Crippen LogP contribution in [0.5, 0.6) is 0 Å². The molecule has 1 saturated carbocycles. The minimum Gasteiger partial charge on any atom is -0.364 e. The van der Waals surface area contributed by atoms with Crippen LogP contribution in [0.3, 0.4) is 0 Å². The van der Waals surface area contributed by atoms with E-state index < -0.39 is 5.91 Å². The van der Waals surface area contributed by atoms with Gasteiger partial charge in [-0.3, -0.25) is 14.4 Å². The number of primary amides is 1. The topological polar surface area (TPSA) is 77.0 Å². The van der Waals surface area contributed by atoms with Gasteiger partial charge in [0.25, 0.3) is 5.91 Å². The number of amides is 1. The Hall–Kier alpha value is -2.38. The summed E-state index contributed by atoms with van der Waals surface area (Å²) in [7, 11) is 1.87. The van der Waals surface area contributed by atoms with E-state index in [1.54, 1.807) is 16.9 Å². The van der Waals surface area contributed by atoms with Crippen molar-refractivity contribution in [3.8, 4) is 11.1 Å². The highest BCUT2D eigenvalue weighted by Crippen LogP contribution is 2.29. The lowest BCUT2D eigenvalue weighted by molar-refractivity contribution is 0.0996. The number of benzene rings is 1. The van der Waals surface area contributed by atoms with Gasteiger partial charge < -0.3 is 5.73 Å². The second-order valence-electron chi connectivity index (χ2n) is 7.62. The molecule has 1 saturated heterocycles. The van der Waals surface area contributed by atoms with Gasteiger partial charge in [0.05, 0.1) is 11.7 Å². The summed E-state index contributed by atoms with van der Waals surface area (Å²) in [4.78, 5) is 18.7. The average Bonchev–Trinajstić information content (AvgIpc) is 3.55. The number of aromatic nitrogens is 3. The van der Waals surface area contributed by atoms with Gasteiger partial charge in [-0.2, -0.15) is 16.9 Å². The molecule has 1 aliphatic heterocycles. The molecular formula is C22H27N5OS. The highest BCUT2D eigenvalue weighted by atomic mass is 32.2. The first kappa shape index (κ1) is 19.9. The second kappa shape index (κ2) is 8.97. The molecule has 7 heteroatoms. The Balaban J connectivity index is 0.000000626. The molecule has 2 fully saturated rings. The number of pyridine rings is 1. The smallest absolute Gasteiger partial charge is 0.267 e. The van der Waals surface area contributed by atoms with Crippen LogP contribution in [0.4, 0.5) is 0 Å². The van der Waals surface area contributed by atoms with Crippen molar-refractivity contribution in [2.24, 2.45) is 12.8 Å². The average molecular weight is 410 g/mol. The second-order valence-corrected chi connectivity index (χ2v) is 8.85. The predicted octanol–water partition coefficient (Wildman–Crippen LogP) is 3.45. The van der Waals surface area contributed by atoms with Crippen molar-refractivity contribution in [2.75, 3.05) is 24.6 Å². The number of thioether (sulfide) groups is 1. The fraction of sp³-hybridized carbons (Fsp3) is 0.409. The molecule has 152 valence electrons. The molecule has 3 aromatic rings. The van der Waals surface area contributed by atoms with Crippen LogP contribution in [0.25, 0.3) is 22.0 Å². The minimum absolute atomic E-state index is 0.280. The van der Waals surface area contributed by atoms with Gasteiger partial charge in [-0.15, -0.1) is 0 Å². The van der Waals surface area contributed by atoms with Crippen molar-refractivity contribution in [2.45, 2.75) is 25.8 Å². The van der Waals surface area contributed by atoms with Gasteiger partial charge in [0.1, 0.15) is 5.69 Å². The summed E-state index contributed by atoms with van der Waals surface area (Å²) in [5.41, 5.74) is 9.67. The maximum absolute atomic E-state index is 11.8. The lowest BCUT2D eigenvalue weighted by Crippen LogP contribution is -2.31. The standard InChI is InChI=1S/C19H21N5OS.C3H6/c1-23-12-14(10-21-23)16-9-18(19(20)25)22-17-8-13(2-3-15(16)17)11-24-4-6-26-7-5-24;1-2-3-1/h2-3,8-10,12H,4-7,11H2,1H3,(H2,20,25);1-3H2. The predicted molar refractivity (Wildman–Crippen MR) is 119 cm³/mol. The quantitative estimate of drug-likeness (QED) is 0.714. The molecular weight excluding hydrogens is 382 g/mol. The molecule has 2 aliphatic rings. The Kier molecular flexibility index (Phi) is 6.16. The molecule has 0 spiro atoms. The first-order valence-electron chi connectivity index (χ1n) is 10.1. The third-order valence-corrected chi connectivity index (χ3v) is 5.95. The third kappa shape index (κ3) is 5.16. The van der Waals surface area contributed by atoms with E-state index in [4.69, 9.17) is 5.73 Å². The van der Waals surface area contributed by atoms with Gasteiger partial charge in [-0.1, -0.05) is 31.4 Å². The summed E-state index contributed by atoms with van der Waals surface area (Å²) in [6.45, 7) is 3.12. The van der Waals surface area contributed by atoms with Crippen molar-refractivity contribution in [3.63, 3.8) is 0 Å². The SMILES string of the molecule is C1CC1.Cn1cc(-c2cc(C(N)=O)nc3cc(CN4CCSCC4)ccc23)cn1. The highest BCUT2D eigenvalue weighted by Gasteiger charge is 2.15. The zero-order valence-corrected chi connectivity index (χ0v) is 17.6. The van der Waals surface area contributed by atoms with Crippen LogP contribution >= 0.6 is 11.8 Å². The molecule has 2 aromatic heterocycles. The van der Waals surface area contributed by atoms with E-state index in [1.165, 1.54) is 36.3 Å². The van der Waals surface area contributed by atoms with Gasteiger partial charge in [0.2, 0.25) is 0 Å². The molecule has 5 rings (SSSR count). The number of hydrogen-bond acceptors (Lipinski definition) is 5. The van der Waals surface area contributed by atoms with Crippen LogP contribution in [0.2, 0.25) is 0 Å². The number of nitrogens with zero attached hydrogens (tertiary/aromatic N) is 4. The maximum atomic E-state index is 11.8. The number of aryl methyl sites for hydroxylation is 1. The van der Waals surface area contributed by atoms with E-state index in [0.717, 1.165) is 41.7 Å². The molecule has 2 N–H and O–H groups in total. The zero-order valence-electron chi connectivity index (χ0n) is 16.8. The van der Waals surface area contributed by atoms with Crippen molar-refractivity contribution in [3.05, 3.63) is 47.9 Å². The fourth-order valence-electron chi connectivity index (χ4n) is 3.32. The van der Waals surface area contributed by atoms with Crippen LogP contribution in [0, 0.1) is 0 Å². The van der Waals surface area contributed by atoms with E-state index in [9.17, 15) is 4.79 Å². The molecule has 6 nitrogen and oxygen atoms in total. The molecule has 0 radical (unpaired) electrons. The van der Waals surface area contributed by atoms with E-state index in [1.807, 2.05) is 25.0 Å². The van der Waals surface area contributed by atoms with Crippen molar-refractivity contribution >= 4 is 28.6 Å². The number of hydrogen-bond donors (Lipinski definition) is 1. The zero-order chi connectivity index (χ0) is 20.2. The van der Waals surface area contributed by atoms with Gasteiger partial charge in [0, 0.05) is 55.3 Å². The molecule has 1 aromatic carbocycles. The minimum atomic E-state index is -0.518. The lowest BCUT2D eigenvalue weighted by Gasteiger charge is -2.26. The Morgan fingerprint density at radius 1 is 1.17 bits per heavy atom. The summed E-state index contributed by atoms with van der Waals surface area (Å²) in [5.74, 6) is 1.85. The van der Waals surface area contributed by atoms with E-state index in [-0.39, 0.29) is 5.69 Å². The summed E-state index contributed by atoms with van der Waals surface area (Å²) in [6.07, 6.45) is 8.22. The number of fused-ring (bicyclic) bond motifs is 1. The Bertz CT molecular complexity index is 1000. The van der Waals surface area contributed by atoms with Crippen LogP contribution in [-0.4, -0.2) is 50.2 Å². The van der Waals surface area contributed by atoms with Gasteiger partial charge >= 0.3 is 0 Å². The molecule has 1 aliphatic carbocycles. The van der Waals surface area contributed by atoms with E-state index >= 15 is 0 Å².